The number of carbonyl (C=O) groups excluding carboxylic acids is 2. The summed E-state index contributed by atoms with van der Waals surface area (Å²) in [7, 11) is 0. The number of esters is 2. The maximum Gasteiger partial charge on any atom is 0.314 e. The first kappa shape index (κ1) is 7.72. The van der Waals surface area contributed by atoms with Crippen LogP contribution >= 0.6 is 0 Å². The molecule has 1 rings (SSSR count). The van der Waals surface area contributed by atoms with Crippen molar-refractivity contribution in [2.45, 2.75) is 12.8 Å². The molecule has 1 aliphatic rings. The Hall–Kier alpha value is -0.276. The molecule has 1 aliphatic heterocycles. The zero-order chi connectivity index (χ0) is 5.28. The molecule has 1 saturated heterocycles. The average molecular weight is 151 g/mol. The maximum absolute atomic E-state index is 10.0. The molecule has 1 fully saturated rings. The molecule has 0 saturated carbocycles. The van der Waals surface area contributed by atoms with E-state index in [9.17, 15) is 9.59 Å². The normalized spacial score (nSPS) is 17.5. The minimum absolute atomic E-state index is 0. The summed E-state index contributed by atoms with van der Waals surface area (Å²) in [5.74, 6) is -0.796. The van der Waals surface area contributed by atoms with Gasteiger partial charge in [0.1, 0.15) is 0 Å². The molecular weight excluding hydrogens is 147 g/mol. The van der Waals surface area contributed by atoms with Crippen LogP contribution in [0.1, 0.15) is 12.8 Å². The summed E-state index contributed by atoms with van der Waals surface area (Å²) >= 11 is 0. The van der Waals surface area contributed by atoms with Crippen LogP contribution in [0.2, 0.25) is 0 Å². The number of hydrogen-bond donors (Lipinski definition) is 0. The van der Waals surface area contributed by atoms with Crippen molar-refractivity contribution in [3.63, 3.8) is 0 Å². The second-order valence-electron chi connectivity index (χ2n) is 1.35. The molecule has 8 heavy (non-hydrogen) atoms. The van der Waals surface area contributed by atoms with Crippen LogP contribution in [0.15, 0.2) is 0 Å². The Morgan fingerprint density at radius 2 is 1.50 bits per heavy atom. The van der Waals surface area contributed by atoms with Crippen LogP contribution in [0, 0.1) is 0 Å². The van der Waals surface area contributed by atoms with Gasteiger partial charge in [0.2, 0.25) is 0 Å². The van der Waals surface area contributed by atoms with Gasteiger partial charge in [-0.15, -0.1) is 0 Å². The van der Waals surface area contributed by atoms with Gasteiger partial charge in [-0.25, -0.2) is 0 Å². The van der Waals surface area contributed by atoms with Gasteiger partial charge in [-0.3, -0.25) is 9.59 Å². The summed E-state index contributed by atoms with van der Waals surface area (Å²) in [5.41, 5.74) is 0. The number of ether oxygens (including phenoxy) is 1. The molecule has 0 unspecified atom stereocenters. The van der Waals surface area contributed by atoms with E-state index in [4.69, 9.17) is 0 Å². The fourth-order valence-electron chi connectivity index (χ4n) is 0.433. The largest absolute Gasteiger partial charge is 0.393 e. The Morgan fingerprint density at radius 3 is 1.62 bits per heavy atom. The van der Waals surface area contributed by atoms with Gasteiger partial charge in [-0.05, 0) is 0 Å². The molecule has 0 aromatic carbocycles. The predicted octanol–water partition coefficient (Wildman–Crippen LogP) is -0.152. The van der Waals surface area contributed by atoms with Gasteiger partial charge in [-0.1, -0.05) is 0 Å². The van der Waals surface area contributed by atoms with E-state index in [1.165, 1.54) is 0 Å². The molecule has 0 aromatic heterocycles. The zero-order valence-corrected chi connectivity index (χ0v) is 5.48. The molecule has 4 heteroatoms. The minimum Gasteiger partial charge on any atom is -0.393 e. The van der Waals surface area contributed by atoms with Gasteiger partial charge in [-0.2, -0.15) is 0 Å². The summed E-state index contributed by atoms with van der Waals surface area (Å²) < 4.78 is 4.08. The Balaban J connectivity index is 0.000000490. The second kappa shape index (κ2) is 2.89. The molecule has 1 radical (unpaired) electrons. The quantitative estimate of drug-likeness (QED) is 0.357. The van der Waals surface area contributed by atoms with Gasteiger partial charge >= 0.3 is 11.9 Å². The van der Waals surface area contributed by atoms with E-state index in [0.29, 0.717) is 0 Å². The van der Waals surface area contributed by atoms with Crippen molar-refractivity contribution in [1.29, 1.82) is 0 Å². The van der Waals surface area contributed by atoms with Gasteiger partial charge in [0.15, 0.2) is 0 Å². The molecular formula is C4H4O3V. The van der Waals surface area contributed by atoms with E-state index in [2.05, 4.69) is 4.74 Å². The molecule has 0 amide bonds. The third kappa shape index (κ3) is 1.68. The Kier molecular flexibility index (Phi) is 2.80. The van der Waals surface area contributed by atoms with Gasteiger partial charge < -0.3 is 4.74 Å². The Labute approximate surface area is 58.3 Å². The van der Waals surface area contributed by atoms with E-state index < -0.39 is 11.9 Å². The minimum atomic E-state index is -0.398. The SMILES string of the molecule is O=C1CCC(=O)O1.[V]. The van der Waals surface area contributed by atoms with Gasteiger partial charge in [0.25, 0.3) is 0 Å². The summed E-state index contributed by atoms with van der Waals surface area (Å²) in [6.45, 7) is 0. The summed E-state index contributed by atoms with van der Waals surface area (Å²) in [6, 6.07) is 0. The Bertz CT molecular complexity index is 106. The predicted molar refractivity (Wildman–Crippen MR) is 20.3 cm³/mol. The molecule has 3 nitrogen and oxygen atoms in total. The fourth-order valence-corrected chi connectivity index (χ4v) is 0.433. The van der Waals surface area contributed by atoms with Gasteiger partial charge in [0.05, 0.1) is 12.8 Å². The van der Waals surface area contributed by atoms with Crippen LogP contribution in [0.25, 0.3) is 0 Å². The zero-order valence-electron chi connectivity index (χ0n) is 4.09. The smallest absolute Gasteiger partial charge is 0.314 e. The van der Waals surface area contributed by atoms with Crippen LogP contribution in [0.4, 0.5) is 0 Å². The number of cyclic esters (lactones) is 2. The van der Waals surface area contributed by atoms with Gasteiger partial charge in [0, 0.05) is 18.6 Å². The number of hydrogen-bond acceptors (Lipinski definition) is 3. The van der Waals surface area contributed by atoms with Crippen molar-refractivity contribution in [3.8, 4) is 0 Å². The van der Waals surface area contributed by atoms with E-state index in [-0.39, 0.29) is 31.4 Å². The molecule has 0 aromatic rings. The van der Waals surface area contributed by atoms with Crippen molar-refractivity contribution in [2.24, 2.45) is 0 Å². The summed E-state index contributed by atoms with van der Waals surface area (Å²) in [4.78, 5) is 20.0. The van der Waals surface area contributed by atoms with Crippen molar-refractivity contribution in [2.75, 3.05) is 0 Å². The van der Waals surface area contributed by atoms with Crippen LogP contribution in [-0.2, 0) is 32.9 Å². The van der Waals surface area contributed by atoms with Crippen molar-refractivity contribution >= 4 is 11.9 Å². The molecule has 0 aliphatic carbocycles. The van der Waals surface area contributed by atoms with E-state index in [1.54, 1.807) is 0 Å². The molecule has 0 atom stereocenters. The average Bonchev–Trinajstić information content (AvgIpc) is 1.87. The standard InChI is InChI=1S/C4H4O3.V/c5-3-1-2-4(6)7-3;/h1-2H2;. The summed E-state index contributed by atoms with van der Waals surface area (Å²) in [5, 5.41) is 0. The number of carbonyl (C=O) groups is 2. The summed E-state index contributed by atoms with van der Waals surface area (Å²) in [6.07, 6.45) is 0.525. The van der Waals surface area contributed by atoms with E-state index >= 15 is 0 Å². The second-order valence-corrected chi connectivity index (χ2v) is 1.35. The molecule has 1 heterocycles. The molecule has 0 bridgehead atoms. The van der Waals surface area contributed by atoms with Crippen LogP contribution in [0.3, 0.4) is 0 Å². The van der Waals surface area contributed by atoms with Crippen molar-refractivity contribution in [1.82, 2.24) is 0 Å². The molecule has 43 valence electrons. The fraction of sp³-hybridized carbons (Fsp3) is 0.500. The van der Waals surface area contributed by atoms with Crippen LogP contribution in [-0.4, -0.2) is 11.9 Å². The molecule has 0 spiro atoms. The number of rotatable bonds is 0. The Morgan fingerprint density at radius 1 is 1.12 bits per heavy atom. The maximum atomic E-state index is 10.0. The monoisotopic (exact) mass is 151 g/mol. The first-order chi connectivity index (χ1) is 3.29. The van der Waals surface area contributed by atoms with E-state index in [0.717, 1.165) is 0 Å². The van der Waals surface area contributed by atoms with Crippen molar-refractivity contribution in [3.05, 3.63) is 0 Å². The van der Waals surface area contributed by atoms with Crippen molar-refractivity contribution < 1.29 is 32.9 Å². The van der Waals surface area contributed by atoms with Crippen LogP contribution < -0.4 is 0 Å². The van der Waals surface area contributed by atoms with Crippen LogP contribution in [0.5, 0.6) is 0 Å². The topological polar surface area (TPSA) is 43.4 Å². The third-order valence-corrected chi connectivity index (χ3v) is 0.761. The third-order valence-electron chi connectivity index (χ3n) is 0.761. The van der Waals surface area contributed by atoms with E-state index in [1.807, 2.05) is 0 Å². The molecule has 0 N–H and O–H groups in total. The first-order valence-corrected chi connectivity index (χ1v) is 2.02. The first-order valence-electron chi connectivity index (χ1n) is 2.02.